The minimum Gasteiger partial charge on any atom is -0.0958 e. The Hall–Kier alpha value is -0.520. The van der Waals surface area contributed by atoms with E-state index >= 15 is 0 Å². The summed E-state index contributed by atoms with van der Waals surface area (Å²) in [5.74, 6) is 0.650. The van der Waals surface area contributed by atoms with E-state index in [-0.39, 0.29) is 0 Å². The van der Waals surface area contributed by atoms with Crippen LogP contribution in [-0.2, 0) is 0 Å². The van der Waals surface area contributed by atoms with Crippen LogP contribution in [0, 0.1) is 5.92 Å². The first-order chi connectivity index (χ1) is 4.63. The second-order valence-electron chi connectivity index (χ2n) is 2.82. The zero-order chi connectivity index (χ0) is 8.15. The second-order valence-corrected chi connectivity index (χ2v) is 2.82. The zero-order valence-electron chi connectivity index (χ0n) is 7.41. The monoisotopic (exact) mass is 138 g/mol. The van der Waals surface area contributed by atoms with Gasteiger partial charge in [-0.3, -0.25) is 0 Å². The highest BCUT2D eigenvalue weighted by molar-refractivity contribution is 5.25. The molecule has 58 valence electrons. The van der Waals surface area contributed by atoms with Gasteiger partial charge in [0.25, 0.3) is 0 Å². The van der Waals surface area contributed by atoms with Gasteiger partial charge in [0.15, 0.2) is 0 Å². The Morgan fingerprint density at radius 3 is 1.70 bits per heavy atom. The lowest BCUT2D eigenvalue weighted by molar-refractivity contribution is 0.579. The topological polar surface area (TPSA) is 0 Å². The van der Waals surface area contributed by atoms with E-state index in [0.717, 1.165) is 5.57 Å². The van der Waals surface area contributed by atoms with E-state index in [1.165, 1.54) is 18.4 Å². The molecule has 0 aliphatic heterocycles. The smallest absolute Gasteiger partial charge is 0.0171 e. The van der Waals surface area contributed by atoms with E-state index in [4.69, 9.17) is 0 Å². The zero-order valence-corrected chi connectivity index (χ0v) is 7.41. The fourth-order valence-electron chi connectivity index (χ4n) is 1.13. The van der Waals surface area contributed by atoms with Crippen LogP contribution in [0.1, 0.15) is 33.6 Å². The Bertz CT molecular complexity index is 127. The molecule has 0 aromatic rings. The first-order valence-corrected chi connectivity index (χ1v) is 3.98. The van der Waals surface area contributed by atoms with Crippen LogP contribution < -0.4 is 0 Å². The standard InChI is InChI=1S/C10H18/c1-6-10(7-2)9(5)8(3)4/h10H,3,5-7H2,1-2,4H3. The van der Waals surface area contributed by atoms with E-state index in [0.29, 0.717) is 5.92 Å². The fourth-order valence-corrected chi connectivity index (χ4v) is 1.13. The molecule has 0 N–H and O–H groups in total. The van der Waals surface area contributed by atoms with Crippen molar-refractivity contribution in [3.05, 3.63) is 24.3 Å². The molecule has 0 spiro atoms. The third kappa shape index (κ3) is 2.38. The molecule has 0 saturated carbocycles. The van der Waals surface area contributed by atoms with E-state index in [1.807, 2.05) is 6.92 Å². The van der Waals surface area contributed by atoms with Crippen molar-refractivity contribution in [2.75, 3.05) is 0 Å². The molecule has 0 amide bonds. The van der Waals surface area contributed by atoms with Crippen molar-refractivity contribution in [3.8, 4) is 0 Å². The van der Waals surface area contributed by atoms with Gasteiger partial charge < -0.3 is 0 Å². The molecule has 10 heavy (non-hydrogen) atoms. The number of hydrogen-bond donors (Lipinski definition) is 0. The summed E-state index contributed by atoms with van der Waals surface area (Å²) in [5, 5.41) is 0. The normalized spacial score (nSPS) is 10.0. The molecular formula is C10H18. The van der Waals surface area contributed by atoms with E-state index < -0.39 is 0 Å². The SMILES string of the molecule is C=C(C)C(=C)C(CC)CC. The molecule has 0 rings (SSSR count). The Balaban J connectivity index is 4.02. The Labute approximate surface area is 64.6 Å². The number of rotatable bonds is 4. The predicted molar refractivity (Wildman–Crippen MR) is 48.0 cm³/mol. The van der Waals surface area contributed by atoms with Crippen molar-refractivity contribution >= 4 is 0 Å². The van der Waals surface area contributed by atoms with Crippen molar-refractivity contribution in [3.63, 3.8) is 0 Å². The maximum atomic E-state index is 4.00. The largest absolute Gasteiger partial charge is 0.0958 e. The van der Waals surface area contributed by atoms with Crippen molar-refractivity contribution in [2.45, 2.75) is 33.6 Å². The van der Waals surface area contributed by atoms with Crippen LogP contribution in [0.4, 0.5) is 0 Å². The first kappa shape index (κ1) is 9.48. The molecule has 0 unspecified atom stereocenters. The highest BCUT2D eigenvalue weighted by Crippen LogP contribution is 2.21. The summed E-state index contributed by atoms with van der Waals surface area (Å²) < 4.78 is 0. The lowest BCUT2D eigenvalue weighted by Gasteiger charge is -2.14. The second kappa shape index (κ2) is 4.32. The van der Waals surface area contributed by atoms with Gasteiger partial charge in [0.05, 0.1) is 0 Å². The molecule has 0 heterocycles. The summed E-state index contributed by atoms with van der Waals surface area (Å²) in [6.07, 6.45) is 2.37. The van der Waals surface area contributed by atoms with Gasteiger partial charge in [-0.2, -0.15) is 0 Å². The third-order valence-electron chi connectivity index (χ3n) is 2.03. The maximum Gasteiger partial charge on any atom is -0.0171 e. The third-order valence-corrected chi connectivity index (χ3v) is 2.03. The fraction of sp³-hybridized carbons (Fsp3) is 0.600. The molecule has 0 fully saturated rings. The summed E-state index contributed by atoms with van der Waals surface area (Å²) in [4.78, 5) is 0. The quantitative estimate of drug-likeness (QED) is 0.521. The van der Waals surface area contributed by atoms with E-state index in [1.54, 1.807) is 0 Å². The van der Waals surface area contributed by atoms with Crippen molar-refractivity contribution in [1.29, 1.82) is 0 Å². The maximum absolute atomic E-state index is 4.00. The molecule has 0 aliphatic rings. The molecule has 0 aliphatic carbocycles. The molecule has 0 saturated heterocycles. The Morgan fingerprint density at radius 2 is 1.60 bits per heavy atom. The Kier molecular flexibility index (Phi) is 4.10. The van der Waals surface area contributed by atoms with Gasteiger partial charge in [0, 0.05) is 0 Å². The lowest BCUT2D eigenvalue weighted by atomic mass is 9.91. The molecule has 0 heteroatoms. The van der Waals surface area contributed by atoms with Crippen LogP contribution in [0.5, 0.6) is 0 Å². The summed E-state index contributed by atoms with van der Waals surface area (Å²) >= 11 is 0. The molecule has 0 aromatic carbocycles. The highest BCUT2D eigenvalue weighted by Gasteiger charge is 2.06. The van der Waals surface area contributed by atoms with Gasteiger partial charge in [-0.1, -0.05) is 32.6 Å². The van der Waals surface area contributed by atoms with Gasteiger partial charge in [-0.25, -0.2) is 0 Å². The van der Waals surface area contributed by atoms with Gasteiger partial charge in [0.1, 0.15) is 0 Å². The number of allylic oxidation sites excluding steroid dienone is 2. The van der Waals surface area contributed by atoms with Crippen LogP contribution in [0.25, 0.3) is 0 Å². The van der Waals surface area contributed by atoms with Crippen LogP contribution in [0.3, 0.4) is 0 Å². The lowest BCUT2D eigenvalue weighted by Crippen LogP contribution is -2.00. The van der Waals surface area contributed by atoms with Gasteiger partial charge >= 0.3 is 0 Å². The van der Waals surface area contributed by atoms with Gasteiger partial charge in [-0.15, -0.1) is 0 Å². The average Bonchev–Trinajstić information content (AvgIpc) is 1.90. The average molecular weight is 138 g/mol. The minimum absolute atomic E-state index is 0.650. The van der Waals surface area contributed by atoms with Gasteiger partial charge in [0.2, 0.25) is 0 Å². The minimum atomic E-state index is 0.650. The number of hydrogen-bond acceptors (Lipinski definition) is 0. The van der Waals surface area contributed by atoms with Crippen molar-refractivity contribution in [2.24, 2.45) is 5.92 Å². The van der Waals surface area contributed by atoms with Crippen LogP contribution >= 0.6 is 0 Å². The van der Waals surface area contributed by atoms with Crippen LogP contribution in [0.2, 0.25) is 0 Å². The van der Waals surface area contributed by atoms with Crippen LogP contribution in [0.15, 0.2) is 24.3 Å². The molecule has 0 bridgehead atoms. The first-order valence-electron chi connectivity index (χ1n) is 3.98. The summed E-state index contributed by atoms with van der Waals surface area (Å²) in [6, 6.07) is 0. The highest BCUT2D eigenvalue weighted by atomic mass is 14.1. The molecular weight excluding hydrogens is 120 g/mol. The van der Waals surface area contributed by atoms with Crippen molar-refractivity contribution in [1.82, 2.24) is 0 Å². The predicted octanol–water partition coefficient (Wildman–Crippen LogP) is 3.55. The summed E-state index contributed by atoms with van der Waals surface area (Å²) in [6.45, 7) is 14.3. The molecule has 0 nitrogen and oxygen atoms in total. The van der Waals surface area contributed by atoms with E-state index in [9.17, 15) is 0 Å². The molecule has 0 aromatic heterocycles. The van der Waals surface area contributed by atoms with Gasteiger partial charge in [-0.05, 0) is 31.3 Å². The Morgan fingerprint density at radius 1 is 1.20 bits per heavy atom. The van der Waals surface area contributed by atoms with E-state index in [2.05, 4.69) is 27.0 Å². The van der Waals surface area contributed by atoms with Crippen LogP contribution in [-0.4, -0.2) is 0 Å². The summed E-state index contributed by atoms with van der Waals surface area (Å²) in [7, 11) is 0. The summed E-state index contributed by atoms with van der Waals surface area (Å²) in [5.41, 5.74) is 2.36. The van der Waals surface area contributed by atoms with Crippen molar-refractivity contribution < 1.29 is 0 Å². The molecule has 0 atom stereocenters. The molecule has 0 radical (unpaired) electrons.